The van der Waals surface area contributed by atoms with Crippen molar-refractivity contribution in [2.45, 2.75) is 332 Å². The standard InChI is InChI=1S/C53H83N5O10.C34H56N4O7.C18H28N2O4.CH4/c1-16-35(6)48(44(65-13)31-45(60)58-26-20-23-42(58)49(66-14)36(7)50(62)55-41(52(64)67-15)28-37-21-18-17-19-22-37)57(12)51(63)40(33(2)3)30-43(59)47(34(4)5)56(11)32-38-24-25-54-39(27-38)29-46(61)68-53(8,9)10;1-10-22(4)30(37(6)33(41)29(35)21(2)3)27(43-7)20-28(39)38-18-14-17-26(38)31(44-8)23(5)32(40)36-25(34(42)45-9)19-24-15-12-11-13-16-24;1-12(2)16(17(22)23)20(6)11-13-7-8-19-14(9-13)10-15(21)24-18(3,4)5;/h17-19,21-22,24-25,27,33-36,40-42,44,47-49H,16,20,23,26,28-32H2,1-15H3,(H,55,62);11-13,15-16,21-23,25-27,29-31H,10,14,17-20,35H2,1-9H3,(H,36,40);7-9,12,16H,10-11H2,1-6H3,(H,22,23);1H4/t35-,36+,40-,41-,42-,44+,47-,48-,49+;22-,23+,25-,26-,27+,29-,30-,31+;16-;/m000./s1. The summed E-state index contributed by atoms with van der Waals surface area (Å²) in [5.41, 5.74) is 9.85. The van der Waals surface area contributed by atoms with E-state index in [1.807, 2.05) is 222 Å². The summed E-state index contributed by atoms with van der Waals surface area (Å²) in [6.45, 7) is 40.0. The van der Waals surface area contributed by atoms with E-state index in [2.05, 4.69) is 20.6 Å². The van der Waals surface area contributed by atoms with Crippen molar-refractivity contribution in [1.82, 2.24) is 50.0 Å². The molecule has 4 aromatic rings. The van der Waals surface area contributed by atoms with E-state index in [-0.39, 0.29) is 147 Å². The Labute approximate surface area is 823 Å². The maximum atomic E-state index is 14.8. The van der Waals surface area contributed by atoms with Crippen LogP contribution in [-0.4, -0.2) is 289 Å². The first-order valence-electron chi connectivity index (χ1n) is 48.6. The lowest BCUT2D eigenvalue weighted by Gasteiger charge is -2.41. The largest absolute Gasteiger partial charge is 0.480 e. The minimum absolute atomic E-state index is 0. The second kappa shape index (κ2) is 59.1. The SMILES string of the molecule is C.CC(C)[C@@H](C(=O)O)N(C)Cc1ccnc(CC(=O)OC(C)(C)C)c1.CC[C@H](C)[C@@H]([C@@H](CC(=O)N1CCC[C@H]1[C@H](OC)[C@@H](C)C(=O)N[C@@H](Cc1ccccc1)C(=O)OC)OC)N(C)C(=O)[C@@H](CC(=O)[C@H](C(C)C)N(C)Cc1ccnc(CC(=O)OC(C)(C)C)c1)C(C)C.CC[C@H](C)[C@@H]([C@@H](CC(=O)N1CCC[C@H]1[C@H](OC)[C@@H](C)C(=O)N[C@@H](Cc1ccccc1)C(=O)OC)OC)N(C)C(=O)[C@@H](N)C(C)C. The van der Waals surface area contributed by atoms with E-state index in [0.29, 0.717) is 63.3 Å². The number of nitrogens with one attached hydrogen (secondary N) is 2. The Morgan fingerprint density at radius 1 is 0.486 bits per heavy atom. The number of amides is 6. The summed E-state index contributed by atoms with van der Waals surface area (Å²) in [6.07, 6.45) is 5.79. The van der Waals surface area contributed by atoms with Crippen molar-refractivity contribution in [3.63, 3.8) is 0 Å². The Kier molecular flexibility index (Phi) is 52.5. The van der Waals surface area contributed by atoms with Gasteiger partial charge >= 0.3 is 29.8 Å². The quantitative estimate of drug-likeness (QED) is 0.0236. The van der Waals surface area contributed by atoms with Crippen LogP contribution >= 0.6 is 0 Å². The molecular weight excluding hydrogens is 1760 g/mol. The molecule has 2 aliphatic rings. The lowest BCUT2D eigenvalue weighted by atomic mass is 9.83. The molecule has 2 aromatic heterocycles. The molecular formula is C106H171N11O21. The maximum Gasteiger partial charge on any atom is 0.328 e. The number of likely N-dealkylation sites (N-methyl/N-ethyl adjacent to an activating group) is 4. The Balaban J connectivity index is 0.000000597. The number of benzene rings is 2. The van der Waals surface area contributed by atoms with Crippen molar-refractivity contribution in [2.24, 2.45) is 59.0 Å². The molecule has 776 valence electrons. The summed E-state index contributed by atoms with van der Waals surface area (Å²) >= 11 is 0. The molecule has 2 saturated heterocycles. The molecule has 0 unspecified atom stereocenters. The minimum atomic E-state index is -0.909. The summed E-state index contributed by atoms with van der Waals surface area (Å²) < 4.78 is 44.6. The predicted octanol–water partition coefficient (Wildman–Crippen LogP) is 12.4. The Hall–Kier alpha value is -9.70. The van der Waals surface area contributed by atoms with Gasteiger partial charge < -0.3 is 79.0 Å². The van der Waals surface area contributed by atoms with Crippen LogP contribution in [0.4, 0.5) is 0 Å². The molecule has 32 heteroatoms. The van der Waals surface area contributed by atoms with Gasteiger partial charge in [0.1, 0.15) is 29.3 Å². The number of carbonyl (C=O) groups excluding carboxylic acids is 11. The van der Waals surface area contributed by atoms with Crippen LogP contribution in [0.1, 0.15) is 237 Å². The average molecular weight is 1940 g/mol. The number of hydrogen-bond acceptors (Lipinski definition) is 25. The molecule has 138 heavy (non-hydrogen) atoms. The van der Waals surface area contributed by atoms with Crippen molar-refractivity contribution in [3.8, 4) is 0 Å². The second-order valence-electron chi connectivity index (χ2n) is 40.4. The van der Waals surface area contributed by atoms with Gasteiger partial charge in [0.25, 0.3) is 0 Å². The molecule has 0 bridgehead atoms. The zero-order valence-corrected chi connectivity index (χ0v) is 87.7. The van der Waals surface area contributed by atoms with E-state index >= 15 is 0 Å². The Morgan fingerprint density at radius 3 is 1.16 bits per heavy atom. The number of nitrogens with zero attached hydrogens (tertiary/aromatic N) is 8. The minimum Gasteiger partial charge on any atom is -0.480 e. The van der Waals surface area contributed by atoms with Crippen LogP contribution in [-0.2, 0) is 134 Å². The van der Waals surface area contributed by atoms with Crippen molar-refractivity contribution in [3.05, 3.63) is 131 Å². The number of hydrogen-bond donors (Lipinski definition) is 4. The van der Waals surface area contributed by atoms with Crippen molar-refractivity contribution < 1.29 is 101 Å². The third-order valence-corrected chi connectivity index (χ3v) is 26.1. The van der Waals surface area contributed by atoms with Gasteiger partial charge in [-0.15, -0.1) is 0 Å². The van der Waals surface area contributed by atoms with E-state index in [0.717, 1.165) is 35.1 Å². The van der Waals surface area contributed by atoms with E-state index in [1.54, 1.807) is 86.1 Å². The number of methoxy groups -OCH3 is 6. The van der Waals surface area contributed by atoms with Gasteiger partial charge in [0.05, 0.1) is 124 Å². The number of carboxylic acid groups (broad SMARTS) is 1. The molecule has 2 fully saturated rings. The molecule has 6 rings (SSSR count). The first-order chi connectivity index (χ1) is 64.3. The number of pyridine rings is 2. The summed E-state index contributed by atoms with van der Waals surface area (Å²) in [5.74, 6) is -6.38. The number of ether oxygens (including phenoxy) is 8. The molecule has 2 aliphatic heterocycles. The zero-order chi connectivity index (χ0) is 103. The number of carbonyl (C=O) groups is 12. The van der Waals surface area contributed by atoms with Gasteiger partial charge in [-0.25, -0.2) is 9.59 Å². The Bertz CT molecular complexity index is 4450. The van der Waals surface area contributed by atoms with E-state index in [9.17, 15) is 62.6 Å². The van der Waals surface area contributed by atoms with Gasteiger partial charge in [0.2, 0.25) is 35.4 Å². The van der Waals surface area contributed by atoms with Crippen molar-refractivity contribution in [1.29, 1.82) is 0 Å². The van der Waals surface area contributed by atoms with Crippen LogP contribution in [0.3, 0.4) is 0 Å². The van der Waals surface area contributed by atoms with Crippen LogP contribution in [0.5, 0.6) is 0 Å². The normalized spacial score (nSPS) is 17.4. The lowest BCUT2D eigenvalue weighted by molar-refractivity contribution is -0.155. The molecule has 2 aromatic carbocycles. The molecule has 0 spiro atoms. The van der Waals surface area contributed by atoms with Gasteiger partial charge in [-0.3, -0.25) is 67.7 Å². The summed E-state index contributed by atoms with van der Waals surface area (Å²) in [5, 5.41) is 15.1. The number of esters is 4. The molecule has 6 amide bonds. The third-order valence-electron chi connectivity index (χ3n) is 26.1. The van der Waals surface area contributed by atoms with Gasteiger partial charge in [0, 0.05) is 106 Å². The van der Waals surface area contributed by atoms with Crippen LogP contribution in [0.25, 0.3) is 0 Å². The second-order valence-corrected chi connectivity index (χ2v) is 40.4. The van der Waals surface area contributed by atoms with E-state index < -0.39 is 119 Å². The average Bonchev–Trinajstić information content (AvgIpc) is 1.57. The molecule has 5 N–H and O–H groups in total. The topological polar surface area (TPSA) is 394 Å². The summed E-state index contributed by atoms with van der Waals surface area (Å²) in [7, 11) is 15.9. The number of likely N-dealkylation sites (tertiary alicyclic amines) is 2. The molecule has 0 radical (unpaired) electrons. The monoisotopic (exact) mass is 1930 g/mol. The third kappa shape index (κ3) is 38.0. The number of aliphatic carboxylic acids is 1. The fourth-order valence-electron chi connectivity index (χ4n) is 18.7. The van der Waals surface area contributed by atoms with Crippen LogP contribution in [0, 0.1) is 53.3 Å². The smallest absolute Gasteiger partial charge is 0.328 e. The highest BCUT2D eigenvalue weighted by Gasteiger charge is 2.47. The van der Waals surface area contributed by atoms with Gasteiger partial charge in [-0.05, 0) is 163 Å². The highest BCUT2D eigenvalue weighted by molar-refractivity contribution is 5.91. The number of ketones is 1. The van der Waals surface area contributed by atoms with Crippen molar-refractivity contribution in [2.75, 3.05) is 83.9 Å². The fraction of sp³-hybridized carbons (Fsp3) is 0.679. The van der Waals surface area contributed by atoms with Crippen LogP contribution < -0.4 is 16.4 Å². The van der Waals surface area contributed by atoms with Crippen molar-refractivity contribution >= 4 is 71.1 Å². The highest BCUT2D eigenvalue weighted by Crippen LogP contribution is 2.35. The number of carboxylic acids is 1. The first kappa shape index (κ1) is 122. The van der Waals surface area contributed by atoms with Crippen LogP contribution in [0.2, 0.25) is 0 Å². The lowest BCUT2D eigenvalue weighted by Crippen LogP contribution is -2.56. The molecule has 18 atom stereocenters. The number of Topliss-reactive ketones (excluding diaryl/α,β-unsaturated/α-hetero) is 1. The van der Waals surface area contributed by atoms with Gasteiger partial charge in [0.15, 0.2) is 5.78 Å². The van der Waals surface area contributed by atoms with E-state index in [4.69, 9.17) is 43.6 Å². The number of rotatable bonds is 50. The number of aromatic nitrogens is 2. The Morgan fingerprint density at radius 2 is 0.848 bits per heavy atom. The molecule has 0 saturated carbocycles. The van der Waals surface area contributed by atoms with Gasteiger partial charge in [-0.2, -0.15) is 0 Å². The summed E-state index contributed by atoms with van der Waals surface area (Å²) in [6, 6.07) is 21.0. The zero-order valence-electron chi connectivity index (χ0n) is 87.7. The van der Waals surface area contributed by atoms with Gasteiger partial charge in [-0.1, -0.05) is 178 Å². The van der Waals surface area contributed by atoms with Crippen LogP contribution in [0.15, 0.2) is 97.3 Å². The molecule has 32 nitrogen and oxygen atoms in total. The summed E-state index contributed by atoms with van der Waals surface area (Å²) in [4.78, 5) is 178. The molecule has 4 heterocycles. The maximum absolute atomic E-state index is 14.8. The fourth-order valence-corrected chi connectivity index (χ4v) is 18.7. The highest BCUT2D eigenvalue weighted by atomic mass is 16.6. The molecule has 0 aliphatic carbocycles. The number of nitrogens with two attached hydrogens (primary N) is 1. The first-order valence-corrected chi connectivity index (χ1v) is 48.6. The van der Waals surface area contributed by atoms with E-state index in [1.165, 1.54) is 28.4 Å². The predicted molar refractivity (Wildman–Crippen MR) is 533 cm³/mol.